The maximum absolute atomic E-state index is 4.47. The smallest absolute Gasteiger partial charge is 0.100 e. The molecule has 1 unspecified atom stereocenters. The molecule has 1 atom stereocenters. The van der Waals surface area contributed by atoms with E-state index in [2.05, 4.69) is 52.1 Å². The molecular formula is C17H17N3. The molecular weight excluding hydrogens is 246 g/mol. The van der Waals surface area contributed by atoms with E-state index in [4.69, 9.17) is 0 Å². The van der Waals surface area contributed by atoms with E-state index in [1.807, 2.05) is 18.5 Å². The Morgan fingerprint density at radius 3 is 3.05 bits per heavy atom. The third kappa shape index (κ3) is 1.78. The van der Waals surface area contributed by atoms with E-state index >= 15 is 0 Å². The summed E-state index contributed by atoms with van der Waals surface area (Å²) in [7, 11) is 0. The largest absolute Gasteiger partial charge is 0.382 e. The van der Waals surface area contributed by atoms with Crippen molar-refractivity contribution in [3.8, 4) is 5.69 Å². The topological polar surface area (TPSA) is 29.9 Å². The first kappa shape index (κ1) is 11.5. The summed E-state index contributed by atoms with van der Waals surface area (Å²) in [6.45, 7) is 2.24. The lowest BCUT2D eigenvalue weighted by Crippen LogP contribution is -2.21. The summed E-state index contributed by atoms with van der Waals surface area (Å²) in [6, 6.07) is 15.5. The van der Waals surface area contributed by atoms with E-state index in [9.17, 15) is 0 Å². The van der Waals surface area contributed by atoms with Gasteiger partial charge in [-0.2, -0.15) is 0 Å². The van der Waals surface area contributed by atoms with Crippen LogP contribution in [0.4, 0.5) is 5.69 Å². The van der Waals surface area contributed by atoms with Gasteiger partial charge in [-0.05, 0) is 55.7 Å². The average molecular weight is 263 g/mol. The van der Waals surface area contributed by atoms with Gasteiger partial charge in [-0.1, -0.05) is 12.1 Å². The van der Waals surface area contributed by atoms with Crippen molar-refractivity contribution in [3.63, 3.8) is 0 Å². The molecule has 4 rings (SSSR count). The number of nitrogens with zero attached hydrogens (tertiary/aromatic N) is 2. The quantitative estimate of drug-likeness (QED) is 0.724. The van der Waals surface area contributed by atoms with Crippen LogP contribution in [0.3, 0.4) is 0 Å². The fourth-order valence-corrected chi connectivity index (χ4v) is 2.95. The minimum absolute atomic E-state index is 0.572. The number of rotatable bonds is 1. The van der Waals surface area contributed by atoms with E-state index < -0.39 is 0 Å². The summed E-state index contributed by atoms with van der Waals surface area (Å²) in [5.74, 6) is 0. The van der Waals surface area contributed by atoms with E-state index in [1.165, 1.54) is 23.4 Å². The van der Waals surface area contributed by atoms with Gasteiger partial charge in [0.2, 0.25) is 0 Å². The first-order valence-electron chi connectivity index (χ1n) is 7.13. The van der Waals surface area contributed by atoms with Crippen molar-refractivity contribution in [1.82, 2.24) is 9.55 Å². The van der Waals surface area contributed by atoms with Crippen LogP contribution in [-0.2, 0) is 6.42 Å². The van der Waals surface area contributed by atoms with Crippen LogP contribution in [0.2, 0.25) is 0 Å². The molecule has 1 aliphatic heterocycles. The summed E-state index contributed by atoms with van der Waals surface area (Å²) in [5.41, 5.74) is 6.06. The third-order valence-corrected chi connectivity index (χ3v) is 4.07. The number of hydrogen-bond acceptors (Lipinski definition) is 2. The fraction of sp³-hybridized carbons (Fsp3) is 0.235. The lowest BCUT2D eigenvalue weighted by atomic mass is 9.98. The maximum atomic E-state index is 4.47. The fourth-order valence-electron chi connectivity index (χ4n) is 2.95. The lowest BCUT2D eigenvalue weighted by Gasteiger charge is -2.24. The Bertz CT molecular complexity index is 773. The van der Waals surface area contributed by atoms with Crippen LogP contribution in [0.1, 0.15) is 18.9 Å². The number of aryl methyl sites for hydroxylation is 1. The highest BCUT2D eigenvalue weighted by Crippen LogP contribution is 2.28. The normalized spacial score (nSPS) is 17.8. The Kier molecular flexibility index (Phi) is 2.52. The maximum Gasteiger partial charge on any atom is 0.100 e. The van der Waals surface area contributed by atoms with Crippen molar-refractivity contribution in [3.05, 3.63) is 54.4 Å². The van der Waals surface area contributed by atoms with Gasteiger partial charge in [0, 0.05) is 17.4 Å². The molecule has 1 aliphatic rings. The van der Waals surface area contributed by atoms with Crippen LogP contribution < -0.4 is 5.32 Å². The molecule has 0 bridgehead atoms. The third-order valence-electron chi connectivity index (χ3n) is 4.07. The van der Waals surface area contributed by atoms with Gasteiger partial charge in [-0.3, -0.25) is 4.57 Å². The van der Waals surface area contributed by atoms with Gasteiger partial charge < -0.3 is 5.32 Å². The van der Waals surface area contributed by atoms with Gasteiger partial charge in [-0.15, -0.1) is 0 Å². The highest BCUT2D eigenvalue weighted by atomic mass is 15.0. The zero-order chi connectivity index (χ0) is 13.5. The minimum Gasteiger partial charge on any atom is -0.382 e. The number of fused-ring (bicyclic) bond motifs is 2. The van der Waals surface area contributed by atoms with Crippen LogP contribution in [-0.4, -0.2) is 15.6 Å². The molecule has 3 nitrogen and oxygen atoms in total. The Balaban J connectivity index is 1.83. The molecule has 0 saturated carbocycles. The zero-order valence-electron chi connectivity index (χ0n) is 11.5. The molecule has 20 heavy (non-hydrogen) atoms. The molecule has 0 spiro atoms. The van der Waals surface area contributed by atoms with Gasteiger partial charge in [0.15, 0.2) is 0 Å². The minimum atomic E-state index is 0.572. The van der Waals surface area contributed by atoms with E-state index in [0.29, 0.717) is 6.04 Å². The lowest BCUT2D eigenvalue weighted by molar-refractivity contribution is 0.680. The van der Waals surface area contributed by atoms with Gasteiger partial charge >= 0.3 is 0 Å². The SMILES string of the molecule is CC1CCc2cc(-n3cnc4ccccc43)ccc2N1. The first-order chi connectivity index (χ1) is 9.81. The Morgan fingerprint density at radius 2 is 2.10 bits per heavy atom. The van der Waals surface area contributed by atoms with Crippen molar-refractivity contribution < 1.29 is 0 Å². The zero-order valence-corrected chi connectivity index (χ0v) is 11.5. The summed E-state index contributed by atoms with van der Waals surface area (Å²) in [6.07, 6.45) is 4.25. The van der Waals surface area contributed by atoms with Gasteiger partial charge in [0.25, 0.3) is 0 Å². The molecule has 0 radical (unpaired) electrons. The number of para-hydroxylation sites is 2. The van der Waals surface area contributed by atoms with E-state index in [-0.39, 0.29) is 0 Å². The molecule has 0 fully saturated rings. The second kappa shape index (κ2) is 4.37. The summed E-state index contributed by atoms with van der Waals surface area (Å²) < 4.78 is 2.16. The molecule has 0 saturated heterocycles. The van der Waals surface area contributed by atoms with Crippen LogP contribution in [0.5, 0.6) is 0 Å². The van der Waals surface area contributed by atoms with E-state index in [0.717, 1.165) is 17.5 Å². The van der Waals surface area contributed by atoms with Crippen molar-refractivity contribution in [2.24, 2.45) is 0 Å². The number of imidazole rings is 1. The van der Waals surface area contributed by atoms with Crippen molar-refractivity contribution in [2.45, 2.75) is 25.8 Å². The van der Waals surface area contributed by atoms with Crippen molar-refractivity contribution in [2.75, 3.05) is 5.32 Å². The predicted octanol–water partition coefficient (Wildman–Crippen LogP) is 3.77. The number of aromatic nitrogens is 2. The molecule has 2 aromatic carbocycles. The van der Waals surface area contributed by atoms with Crippen LogP contribution in [0, 0.1) is 0 Å². The molecule has 0 aliphatic carbocycles. The van der Waals surface area contributed by atoms with Crippen molar-refractivity contribution in [1.29, 1.82) is 0 Å². The van der Waals surface area contributed by atoms with Gasteiger partial charge in [-0.25, -0.2) is 4.98 Å². The number of benzene rings is 2. The highest BCUT2D eigenvalue weighted by molar-refractivity contribution is 5.77. The van der Waals surface area contributed by atoms with Crippen LogP contribution in [0.15, 0.2) is 48.8 Å². The molecule has 2 heterocycles. The van der Waals surface area contributed by atoms with Gasteiger partial charge in [0.1, 0.15) is 6.33 Å². The summed E-state index contributed by atoms with van der Waals surface area (Å²) in [5, 5.41) is 3.54. The molecule has 0 amide bonds. The monoisotopic (exact) mass is 263 g/mol. The second-order valence-electron chi connectivity index (χ2n) is 5.53. The Hall–Kier alpha value is -2.29. The molecule has 3 aromatic rings. The van der Waals surface area contributed by atoms with Crippen molar-refractivity contribution >= 4 is 16.7 Å². The molecule has 1 N–H and O–H groups in total. The van der Waals surface area contributed by atoms with Gasteiger partial charge in [0.05, 0.1) is 11.0 Å². The molecule has 1 aromatic heterocycles. The Morgan fingerprint density at radius 1 is 1.20 bits per heavy atom. The van der Waals surface area contributed by atoms with Crippen LogP contribution in [0.25, 0.3) is 16.7 Å². The number of hydrogen-bond donors (Lipinski definition) is 1. The van der Waals surface area contributed by atoms with Crippen LogP contribution >= 0.6 is 0 Å². The number of anilines is 1. The molecule has 3 heteroatoms. The second-order valence-corrected chi connectivity index (χ2v) is 5.53. The first-order valence-corrected chi connectivity index (χ1v) is 7.13. The highest BCUT2D eigenvalue weighted by Gasteiger charge is 2.15. The summed E-state index contributed by atoms with van der Waals surface area (Å²) >= 11 is 0. The average Bonchev–Trinajstić information content (AvgIpc) is 2.91. The standard InChI is InChI=1S/C17H17N3/c1-12-6-7-13-10-14(8-9-15(13)19-12)20-11-18-16-4-2-3-5-17(16)20/h2-5,8-12,19H,6-7H2,1H3. The molecule has 100 valence electrons. The predicted molar refractivity (Wildman–Crippen MR) is 82.5 cm³/mol. The Labute approximate surface area is 118 Å². The van der Waals surface area contributed by atoms with E-state index in [1.54, 1.807) is 0 Å². The summed E-state index contributed by atoms with van der Waals surface area (Å²) in [4.78, 5) is 4.47. The number of nitrogens with one attached hydrogen (secondary N) is 1.